The fourth-order valence-electron chi connectivity index (χ4n) is 5.22. The standard InChI is InChI=1S/C34H43N3O7S/c1-4-5-18-35-34(39)30(23-26-11-7-6-8-12-26)36(25-27-13-9-14-29(22-27)42-2)33(38)15-10-19-37(45(3,40)41)28-16-17-31-32(24-28)44-21-20-43-31/h6-9,11-14,16-17,22,24,30H,4-5,10,15,18-21,23,25H2,1-3H3,(H,35,39)/t30-/m1/s1. The molecule has 242 valence electrons. The van der Waals surface area contributed by atoms with Gasteiger partial charge in [0.2, 0.25) is 21.8 Å². The summed E-state index contributed by atoms with van der Waals surface area (Å²) in [4.78, 5) is 29.3. The van der Waals surface area contributed by atoms with Gasteiger partial charge in [0.05, 0.1) is 19.1 Å². The van der Waals surface area contributed by atoms with E-state index in [0.717, 1.165) is 30.2 Å². The lowest BCUT2D eigenvalue weighted by Gasteiger charge is -2.32. The van der Waals surface area contributed by atoms with Crippen LogP contribution in [0, 0.1) is 0 Å². The van der Waals surface area contributed by atoms with Crippen LogP contribution in [0.4, 0.5) is 5.69 Å². The first-order valence-corrected chi connectivity index (χ1v) is 17.2. The Labute approximate surface area is 266 Å². The molecule has 1 aliphatic rings. The first-order valence-electron chi connectivity index (χ1n) is 15.3. The summed E-state index contributed by atoms with van der Waals surface area (Å²) >= 11 is 0. The smallest absolute Gasteiger partial charge is 0.243 e. The lowest BCUT2D eigenvalue weighted by molar-refractivity contribution is -0.141. The van der Waals surface area contributed by atoms with E-state index in [1.807, 2.05) is 54.6 Å². The van der Waals surface area contributed by atoms with E-state index in [9.17, 15) is 18.0 Å². The van der Waals surface area contributed by atoms with E-state index >= 15 is 0 Å². The molecule has 1 aliphatic heterocycles. The van der Waals surface area contributed by atoms with Crippen molar-refractivity contribution in [1.29, 1.82) is 0 Å². The Hall–Kier alpha value is -4.25. The second-order valence-corrected chi connectivity index (χ2v) is 12.9. The molecule has 1 N–H and O–H groups in total. The molecule has 1 heterocycles. The number of carbonyl (C=O) groups excluding carboxylic acids is 2. The number of fused-ring (bicyclic) bond motifs is 1. The molecule has 0 fully saturated rings. The maximum atomic E-state index is 14.0. The largest absolute Gasteiger partial charge is 0.497 e. The van der Waals surface area contributed by atoms with Gasteiger partial charge in [-0.2, -0.15) is 0 Å². The summed E-state index contributed by atoms with van der Waals surface area (Å²) in [6.07, 6.45) is 3.50. The van der Waals surface area contributed by atoms with Crippen LogP contribution in [0.15, 0.2) is 72.8 Å². The third kappa shape index (κ3) is 9.62. The van der Waals surface area contributed by atoms with Gasteiger partial charge in [0.25, 0.3) is 0 Å². The van der Waals surface area contributed by atoms with Gasteiger partial charge in [-0.15, -0.1) is 0 Å². The Morgan fingerprint density at radius 3 is 2.38 bits per heavy atom. The minimum atomic E-state index is -3.67. The van der Waals surface area contributed by atoms with Crippen LogP contribution in [-0.4, -0.2) is 70.8 Å². The number of methoxy groups -OCH3 is 1. The van der Waals surface area contributed by atoms with E-state index in [0.29, 0.717) is 49.1 Å². The summed E-state index contributed by atoms with van der Waals surface area (Å²) in [6.45, 7) is 3.63. The molecule has 2 amide bonds. The quantitative estimate of drug-likeness (QED) is 0.229. The van der Waals surface area contributed by atoms with Crippen molar-refractivity contribution in [3.8, 4) is 17.2 Å². The number of sulfonamides is 1. The Kier molecular flexibility index (Phi) is 12.1. The zero-order valence-electron chi connectivity index (χ0n) is 26.2. The minimum absolute atomic E-state index is 0.0358. The Morgan fingerprint density at radius 1 is 0.933 bits per heavy atom. The van der Waals surface area contributed by atoms with Gasteiger partial charge >= 0.3 is 0 Å². The molecule has 3 aromatic carbocycles. The third-order valence-electron chi connectivity index (χ3n) is 7.55. The molecule has 1 atom stereocenters. The molecule has 0 bridgehead atoms. The molecule has 0 saturated heterocycles. The lowest BCUT2D eigenvalue weighted by Crippen LogP contribution is -2.50. The number of anilines is 1. The number of nitrogens with one attached hydrogen (secondary N) is 1. The van der Waals surface area contributed by atoms with Crippen molar-refractivity contribution in [2.75, 3.05) is 44.0 Å². The first-order chi connectivity index (χ1) is 21.7. The molecular formula is C34H43N3O7S. The average Bonchev–Trinajstić information content (AvgIpc) is 3.04. The van der Waals surface area contributed by atoms with Gasteiger partial charge in [0.1, 0.15) is 25.0 Å². The van der Waals surface area contributed by atoms with E-state index in [2.05, 4.69) is 12.2 Å². The van der Waals surface area contributed by atoms with Crippen LogP contribution in [0.2, 0.25) is 0 Å². The summed E-state index contributed by atoms with van der Waals surface area (Å²) in [5, 5.41) is 3.02. The highest BCUT2D eigenvalue weighted by molar-refractivity contribution is 7.92. The van der Waals surface area contributed by atoms with Crippen LogP contribution in [0.5, 0.6) is 17.2 Å². The number of hydrogen-bond donors (Lipinski definition) is 1. The minimum Gasteiger partial charge on any atom is -0.497 e. The summed E-state index contributed by atoms with van der Waals surface area (Å²) in [5.41, 5.74) is 2.18. The van der Waals surface area contributed by atoms with Gasteiger partial charge in [-0.3, -0.25) is 13.9 Å². The second kappa shape index (κ2) is 16.2. The van der Waals surface area contributed by atoms with Gasteiger partial charge in [-0.05, 0) is 48.2 Å². The molecule has 3 aromatic rings. The molecule has 0 radical (unpaired) electrons. The molecule has 0 aromatic heterocycles. The van der Waals surface area contributed by atoms with E-state index in [1.165, 1.54) is 4.31 Å². The fraction of sp³-hybridized carbons (Fsp3) is 0.412. The normalized spacial score (nSPS) is 13.0. The number of carbonyl (C=O) groups is 2. The van der Waals surface area contributed by atoms with Crippen molar-refractivity contribution in [2.45, 2.75) is 51.6 Å². The van der Waals surface area contributed by atoms with E-state index in [4.69, 9.17) is 14.2 Å². The first kappa shape index (κ1) is 33.6. The number of ether oxygens (including phenoxy) is 3. The highest BCUT2D eigenvalue weighted by atomic mass is 32.2. The fourth-order valence-corrected chi connectivity index (χ4v) is 6.18. The third-order valence-corrected chi connectivity index (χ3v) is 8.75. The van der Waals surface area contributed by atoms with Crippen molar-refractivity contribution in [3.63, 3.8) is 0 Å². The maximum Gasteiger partial charge on any atom is 0.243 e. The van der Waals surface area contributed by atoms with Crippen LogP contribution in [0.3, 0.4) is 0 Å². The SMILES string of the molecule is CCCCNC(=O)[C@@H](Cc1ccccc1)N(Cc1cccc(OC)c1)C(=O)CCCN(c1ccc2c(c1)OCCO2)S(C)(=O)=O. The maximum absolute atomic E-state index is 14.0. The van der Waals surface area contributed by atoms with Crippen molar-refractivity contribution >= 4 is 27.5 Å². The summed E-state index contributed by atoms with van der Waals surface area (Å²) in [7, 11) is -2.09. The molecule has 0 aliphatic carbocycles. The van der Waals surface area contributed by atoms with Gasteiger partial charge in [0, 0.05) is 38.5 Å². The number of unbranched alkanes of at least 4 members (excludes halogenated alkanes) is 1. The Balaban J connectivity index is 1.58. The zero-order valence-corrected chi connectivity index (χ0v) is 27.1. The molecule has 0 unspecified atom stereocenters. The Bertz CT molecular complexity index is 1530. The highest BCUT2D eigenvalue weighted by Crippen LogP contribution is 2.35. The summed E-state index contributed by atoms with van der Waals surface area (Å²) in [6, 6.07) is 21.3. The van der Waals surface area contributed by atoms with Gasteiger partial charge in [-0.25, -0.2) is 8.42 Å². The summed E-state index contributed by atoms with van der Waals surface area (Å²) < 4.78 is 43.6. The monoisotopic (exact) mass is 637 g/mol. The molecular weight excluding hydrogens is 594 g/mol. The van der Waals surface area contributed by atoms with Crippen LogP contribution in [0.25, 0.3) is 0 Å². The van der Waals surface area contributed by atoms with Gasteiger partial charge < -0.3 is 24.4 Å². The average molecular weight is 638 g/mol. The molecule has 0 spiro atoms. The van der Waals surface area contributed by atoms with Gasteiger partial charge in [-0.1, -0.05) is 55.8 Å². The van der Waals surface area contributed by atoms with E-state index in [-0.39, 0.29) is 37.7 Å². The molecule has 0 saturated carbocycles. The van der Waals surface area contributed by atoms with Crippen molar-refractivity contribution < 1.29 is 32.2 Å². The number of amides is 2. The van der Waals surface area contributed by atoms with Crippen molar-refractivity contribution in [1.82, 2.24) is 10.2 Å². The van der Waals surface area contributed by atoms with Crippen molar-refractivity contribution in [3.05, 3.63) is 83.9 Å². The number of hydrogen-bond acceptors (Lipinski definition) is 7. The topological polar surface area (TPSA) is 114 Å². The lowest BCUT2D eigenvalue weighted by atomic mass is 10.0. The zero-order chi connectivity index (χ0) is 32.2. The van der Waals surface area contributed by atoms with Crippen LogP contribution in [0.1, 0.15) is 43.7 Å². The number of rotatable bonds is 16. The number of nitrogens with zero attached hydrogens (tertiary/aromatic N) is 2. The predicted molar refractivity (Wildman–Crippen MR) is 174 cm³/mol. The highest BCUT2D eigenvalue weighted by Gasteiger charge is 2.30. The van der Waals surface area contributed by atoms with Crippen LogP contribution in [-0.2, 0) is 32.6 Å². The van der Waals surface area contributed by atoms with E-state index in [1.54, 1.807) is 30.2 Å². The van der Waals surface area contributed by atoms with Crippen LogP contribution >= 0.6 is 0 Å². The van der Waals surface area contributed by atoms with Crippen LogP contribution < -0.4 is 23.8 Å². The second-order valence-electron chi connectivity index (χ2n) is 11.0. The predicted octanol–water partition coefficient (Wildman–Crippen LogP) is 4.57. The molecule has 45 heavy (non-hydrogen) atoms. The Morgan fingerprint density at radius 2 is 1.67 bits per heavy atom. The van der Waals surface area contributed by atoms with E-state index < -0.39 is 16.1 Å². The summed E-state index contributed by atoms with van der Waals surface area (Å²) in [5.74, 6) is 1.21. The molecule has 11 heteroatoms. The molecule has 4 rings (SSSR count). The number of benzene rings is 3. The molecule has 10 nitrogen and oxygen atoms in total. The van der Waals surface area contributed by atoms with Gasteiger partial charge in [0.15, 0.2) is 11.5 Å². The van der Waals surface area contributed by atoms with Crippen molar-refractivity contribution in [2.24, 2.45) is 0 Å².